The Morgan fingerprint density at radius 1 is 1.33 bits per heavy atom. The van der Waals surface area contributed by atoms with Crippen molar-refractivity contribution in [2.45, 2.75) is 44.8 Å². The zero-order valence-corrected chi connectivity index (χ0v) is 14.0. The third kappa shape index (κ3) is 3.94. The Balaban J connectivity index is 1.64. The van der Waals surface area contributed by atoms with Gasteiger partial charge in [-0.15, -0.1) is 0 Å². The van der Waals surface area contributed by atoms with E-state index in [2.05, 4.69) is 15.6 Å². The lowest BCUT2D eigenvalue weighted by Crippen LogP contribution is -2.47. The van der Waals surface area contributed by atoms with Crippen molar-refractivity contribution in [1.82, 2.24) is 10.3 Å². The molecule has 128 valence electrons. The molecule has 2 aromatic rings. The van der Waals surface area contributed by atoms with Crippen LogP contribution < -0.4 is 10.6 Å². The van der Waals surface area contributed by atoms with E-state index in [4.69, 9.17) is 9.15 Å². The van der Waals surface area contributed by atoms with Crippen molar-refractivity contribution in [2.75, 3.05) is 12.4 Å². The number of rotatable bonds is 4. The van der Waals surface area contributed by atoms with Crippen LogP contribution >= 0.6 is 0 Å². The maximum atomic E-state index is 12.3. The molecule has 1 fully saturated rings. The maximum Gasteiger partial charge on any atom is 0.319 e. The van der Waals surface area contributed by atoms with E-state index in [1.807, 2.05) is 31.2 Å². The Morgan fingerprint density at radius 3 is 2.92 bits per heavy atom. The second-order valence-corrected chi connectivity index (χ2v) is 6.12. The molecule has 1 saturated carbocycles. The molecule has 24 heavy (non-hydrogen) atoms. The first-order valence-electron chi connectivity index (χ1n) is 8.29. The van der Waals surface area contributed by atoms with Crippen molar-refractivity contribution < 1.29 is 13.9 Å². The highest BCUT2D eigenvalue weighted by Gasteiger charge is 2.26. The fourth-order valence-electron chi connectivity index (χ4n) is 3.10. The molecule has 1 aromatic heterocycles. The number of nitrogens with one attached hydrogen (secondary N) is 2. The Morgan fingerprint density at radius 2 is 2.17 bits per heavy atom. The molecule has 0 bridgehead atoms. The van der Waals surface area contributed by atoms with E-state index in [-0.39, 0.29) is 18.2 Å². The van der Waals surface area contributed by atoms with E-state index in [1.165, 1.54) is 0 Å². The van der Waals surface area contributed by atoms with Gasteiger partial charge in [0.25, 0.3) is 0 Å². The number of carbonyl (C=O) groups excluding carboxylic acids is 1. The molecule has 3 rings (SSSR count). The minimum atomic E-state index is -0.218. The number of amides is 2. The Labute approximate surface area is 141 Å². The minimum absolute atomic E-state index is 0.0568. The molecule has 0 spiro atoms. The Hall–Kier alpha value is -2.34. The van der Waals surface area contributed by atoms with Gasteiger partial charge in [0.2, 0.25) is 5.89 Å². The molecule has 0 unspecified atom stereocenters. The summed E-state index contributed by atoms with van der Waals surface area (Å²) in [6.45, 7) is 1.85. The predicted octanol–water partition coefficient (Wildman–Crippen LogP) is 3.73. The highest BCUT2D eigenvalue weighted by molar-refractivity contribution is 5.90. The quantitative estimate of drug-likeness (QED) is 0.896. The molecular formula is C18H23N3O3. The first-order valence-corrected chi connectivity index (χ1v) is 8.29. The van der Waals surface area contributed by atoms with Gasteiger partial charge >= 0.3 is 6.03 Å². The van der Waals surface area contributed by atoms with E-state index in [0.29, 0.717) is 11.6 Å². The summed E-state index contributed by atoms with van der Waals surface area (Å²) in [5.74, 6) is 1.30. The molecule has 1 heterocycles. The van der Waals surface area contributed by atoms with Crippen LogP contribution in [0.2, 0.25) is 0 Å². The molecule has 6 nitrogen and oxygen atoms in total. The van der Waals surface area contributed by atoms with Gasteiger partial charge in [-0.25, -0.2) is 9.78 Å². The zero-order chi connectivity index (χ0) is 16.9. The number of carbonyl (C=O) groups is 1. The fraction of sp³-hybridized carbons (Fsp3) is 0.444. The van der Waals surface area contributed by atoms with Crippen molar-refractivity contribution in [2.24, 2.45) is 0 Å². The summed E-state index contributed by atoms with van der Waals surface area (Å²) in [6, 6.07) is 7.29. The van der Waals surface area contributed by atoms with Crippen LogP contribution in [0, 0.1) is 6.92 Å². The van der Waals surface area contributed by atoms with Crippen LogP contribution in [0.5, 0.6) is 0 Å². The number of nitrogens with zero attached hydrogens (tertiary/aromatic N) is 1. The second-order valence-electron chi connectivity index (χ2n) is 6.12. The number of hydrogen-bond donors (Lipinski definition) is 2. The van der Waals surface area contributed by atoms with E-state index < -0.39 is 0 Å². The topological polar surface area (TPSA) is 76.4 Å². The van der Waals surface area contributed by atoms with Crippen molar-refractivity contribution in [3.63, 3.8) is 0 Å². The van der Waals surface area contributed by atoms with Gasteiger partial charge in [0, 0.05) is 18.4 Å². The average Bonchev–Trinajstić information content (AvgIpc) is 3.02. The standard InChI is InChI=1S/C18H23N3O3/c1-12-11-19-17(24-12)13-6-5-7-14(10-13)20-18(22)21-15-8-3-4-9-16(15)23-2/h5-7,10-11,15-16H,3-4,8-9H2,1-2H3,(H2,20,21,22)/t15-,16-/m1/s1. The van der Waals surface area contributed by atoms with Crippen molar-refractivity contribution in [1.29, 1.82) is 0 Å². The summed E-state index contributed by atoms with van der Waals surface area (Å²) in [7, 11) is 1.70. The molecule has 2 N–H and O–H groups in total. The number of urea groups is 1. The fourth-order valence-corrected chi connectivity index (χ4v) is 3.10. The van der Waals surface area contributed by atoms with Crippen LogP contribution in [-0.4, -0.2) is 30.3 Å². The normalized spacial score (nSPS) is 20.6. The highest BCUT2D eigenvalue weighted by atomic mass is 16.5. The Bertz CT molecular complexity index is 698. The Kier molecular flexibility index (Phi) is 5.15. The third-order valence-electron chi connectivity index (χ3n) is 4.31. The number of oxazole rings is 1. The number of benzene rings is 1. The smallest absolute Gasteiger partial charge is 0.319 e. The molecule has 2 atom stereocenters. The SMILES string of the molecule is CO[C@@H]1CCCC[C@H]1NC(=O)Nc1cccc(-c2ncc(C)o2)c1. The van der Waals surface area contributed by atoms with Gasteiger partial charge in [-0.1, -0.05) is 18.9 Å². The summed E-state index contributed by atoms with van der Waals surface area (Å²) in [5, 5.41) is 5.89. The zero-order valence-electron chi connectivity index (χ0n) is 14.0. The third-order valence-corrected chi connectivity index (χ3v) is 4.31. The molecule has 2 amide bonds. The summed E-state index contributed by atoms with van der Waals surface area (Å²) in [5.41, 5.74) is 1.53. The maximum absolute atomic E-state index is 12.3. The number of hydrogen-bond acceptors (Lipinski definition) is 4. The molecular weight excluding hydrogens is 306 g/mol. The number of aryl methyl sites for hydroxylation is 1. The second kappa shape index (κ2) is 7.49. The summed E-state index contributed by atoms with van der Waals surface area (Å²) in [6.07, 6.45) is 5.96. The van der Waals surface area contributed by atoms with Gasteiger partial charge in [0.05, 0.1) is 18.3 Å². The van der Waals surface area contributed by atoms with Crippen molar-refractivity contribution in [3.8, 4) is 11.5 Å². The van der Waals surface area contributed by atoms with Crippen LogP contribution in [0.15, 0.2) is 34.9 Å². The largest absolute Gasteiger partial charge is 0.441 e. The molecule has 0 aliphatic heterocycles. The number of methoxy groups -OCH3 is 1. The van der Waals surface area contributed by atoms with Gasteiger partial charge in [-0.3, -0.25) is 0 Å². The lowest BCUT2D eigenvalue weighted by atomic mass is 9.92. The van der Waals surface area contributed by atoms with Gasteiger partial charge in [-0.2, -0.15) is 0 Å². The molecule has 1 aliphatic rings. The van der Waals surface area contributed by atoms with Crippen LogP contribution in [0.3, 0.4) is 0 Å². The van der Waals surface area contributed by atoms with Crippen LogP contribution in [-0.2, 0) is 4.74 Å². The van der Waals surface area contributed by atoms with E-state index in [1.54, 1.807) is 13.3 Å². The van der Waals surface area contributed by atoms with Gasteiger partial charge < -0.3 is 19.8 Å². The number of anilines is 1. The van der Waals surface area contributed by atoms with Crippen LogP contribution in [0.4, 0.5) is 10.5 Å². The molecule has 6 heteroatoms. The van der Waals surface area contributed by atoms with E-state index in [0.717, 1.165) is 37.0 Å². The first kappa shape index (κ1) is 16.5. The molecule has 1 aromatic carbocycles. The lowest BCUT2D eigenvalue weighted by molar-refractivity contribution is 0.0459. The number of aromatic nitrogens is 1. The van der Waals surface area contributed by atoms with Crippen molar-refractivity contribution in [3.05, 3.63) is 36.2 Å². The summed E-state index contributed by atoms with van der Waals surface area (Å²) >= 11 is 0. The molecule has 1 aliphatic carbocycles. The van der Waals surface area contributed by atoms with E-state index in [9.17, 15) is 4.79 Å². The van der Waals surface area contributed by atoms with Crippen molar-refractivity contribution >= 4 is 11.7 Å². The van der Waals surface area contributed by atoms with Crippen LogP contribution in [0.25, 0.3) is 11.5 Å². The molecule has 0 radical (unpaired) electrons. The highest BCUT2D eigenvalue weighted by Crippen LogP contribution is 2.23. The first-order chi connectivity index (χ1) is 11.7. The lowest BCUT2D eigenvalue weighted by Gasteiger charge is -2.31. The molecule has 0 saturated heterocycles. The summed E-state index contributed by atoms with van der Waals surface area (Å²) < 4.78 is 11.0. The van der Waals surface area contributed by atoms with Gasteiger partial charge in [0.15, 0.2) is 0 Å². The number of ether oxygens (including phenoxy) is 1. The monoisotopic (exact) mass is 329 g/mol. The average molecular weight is 329 g/mol. The van der Waals surface area contributed by atoms with E-state index >= 15 is 0 Å². The van der Waals surface area contributed by atoms with Gasteiger partial charge in [0.1, 0.15) is 5.76 Å². The van der Waals surface area contributed by atoms with Crippen LogP contribution in [0.1, 0.15) is 31.4 Å². The predicted molar refractivity (Wildman–Crippen MR) is 91.9 cm³/mol. The summed E-state index contributed by atoms with van der Waals surface area (Å²) in [4.78, 5) is 16.5. The minimum Gasteiger partial charge on any atom is -0.441 e. The van der Waals surface area contributed by atoms with Gasteiger partial charge in [-0.05, 0) is 38.0 Å².